The SMILES string of the molecule is C[C@@H](O)[C@H]1C(=O)N2C(C(=O)[O-])=C(S/C=C\c3nc(C(N)=O)cs3)[C@H](C)[C@H]12.[Na+]. The molecule has 4 atom stereocenters. The van der Waals surface area contributed by atoms with Crippen LogP contribution in [0.15, 0.2) is 21.4 Å². The molecule has 0 saturated carbocycles. The van der Waals surface area contributed by atoms with Crippen LogP contribution in [0.2, 0.25) is 0 Å². The fourth-order valence-electron chi connectivity index (χ4n) is 3.31. The van der Waals surface area contributed by atoms with Gasteiger partial charge >= 0.3 is 29.6 Å². The Balaban J connectivity index is 0.00000261. The van der Waals surface area contributed by atoms with E-state index in [2.05, 4.69) is 4.98 Å². The van der Waals surface area contributed by atoms with E-state index in [1.54, 1.807) is 11.5 Å². The van der Waals surface area contributed by atoms with Crippen LogP contribution in [0.5, 0.6) is 0 Å². The van der Waals surface area contributed by atoms with Gasteiger partial charge in [-0.2, -0.15) is 0 Å². The van der Waals surface area contributed by atoms with Gasteiger partial charge in [-0.05, 0) is 18.4 Å². The van der Waals surface area contributed by atoms with Crippen LogP contribution in [-0.4, -0.2) is 44.9 Å². The molecule has 3 rings (SSSR count). The third-order valence-corrected chi connectivity index (χ3v) is 6.38. The second kappa shape index (κ2) is 8.46. The summed E-state index contributed by atoms with van der Waals surface area (Å²) in [5.74, 6) is -3.29. The van der Waals surface area contributed by atoms with Gasteiger partial charge in [-0.3, -0.25) is 9.59 Å². The molecule has 0 spiro atoms. The molecule has 27 heavy (non-hydrogen) atoms. The normalized spacial score (nSPS) is 25.2. The van der Waals surface area contributed by atoms with Crippen molar-refractivity contribution in [2.45, 2.75) is 26.0 Å². The number of fused-ring (bicyclic) bond motifs is 1. The molecule has 1 aromatic rings. The first kappa shape index (κ1) is 22.1. The fourth-order valence-corrected chi connectivity index (χ4v) is 5.09. The number of aliphatic carboxylic acids is 1. The van der Waals surface area contributed by atoms with Crippen LogP contribution in [0.25, 0.3) is 6.08 Å². The van der Waals surface area contributed by atoms with E-state index in [1.165, 1.54) is 28.5 Å². The smallest absolute Gasteiger partial charge is 0.543 e. The van der Waals surface area contributed by atoms with Crippen molar-refractivity contribution in [3.05, 3.63) is 32.1 Å². The van der Waals surface area contributed by atoms with E-state index in [1.807, 2.05) is 6.92 Å². The summed E-state index contributed by atoms with van der Waals surface area (Å²) in [5, 5.41) is 25.1. The quantitative estimate of drug-likeness (QED) is 0.367. The summed E-state index contributed by atoms with van der Waals surface area (Å²) in [7, 11) is 0. The second-order valence-electron chi connectivity index (χ2n) is 6.11. The van der Waals surface area contributed by atoms with Gasteiger partial charge in [0.05, 0.1) is 29.7 Å². The Hall–Kier alpha value is -1.17. The molecule has 0 bridgehead atoms. The van der Waals surface area contributed by atoms with Gasteiger partial charge in [-0.25, -0.2) is 4.98 Å². The first-order valence-electron chi connectivity index (χ1n) is 7.79. The third kappa shape index (κ3) is 3.87. The predicted molar refractivity (Wildman–Crippen MR) is 94.3 cm³/mol. The van der Waals surface area contributed by atoms with Crippen LogP contribution < -0.4 is 40.4 Å². The Morgan fingerprint density at radius 3 is 2.70 bits per heavy atom. The molecule has 1 aromatic heterocycles. The summed E-state index contributed by atoms with van der Waals surface area (Å²) in [6, 6.07) is -0.382. The van der Waals surface area contributed by atoms with Gasteiger partial charge in [0.2, 0.25) is 5.91 Å². The van der Waals surface area contributed by atoms with E-state index in [0.717, 1.165) is 11.8 Å². The average Bonchev–Trinajstić information content (AvgIpc) is 3.10. The Morgan fingerprint density at radius 1 is 1.52 bits per heavy atom. The molecule has 8 nitrogen and oxygen atoms in total. The number of hydrogen-bond acceptors (Lipinski definition) is 8. The van der Waals surface area contributed by atoms with Crippen molar-refractivity contribution in [3.8, 4) is 0 Å². The Labute approximate surface area is 185 Å². The number of thiazole rings is 1. The summed E-state index contributed by atoms with van der Waals surface area (Å²) in [6.07, 6.45) is 0.786. The molecule has 1 saturated heterocycles. The van der Waals surface area contributed by atoms with Crippen LogP contribution in [-0.2, 0) is 9.59 Å². The molecule has 3 heterocycles. The molecule has 1 fully saturated rings. The molecule has 11 heteroatoms. The number of amides is 2. The number of carboxylic acid groups (broad SMARTS) is 1. The largest absolute Gasteiger partial charge is 1.00 e. The van der Waals surface area contributed by atoms with E-state index in [0.29, 0.717) is 9.91 Å². The van der Waals surface area contributed by atoms with Crippen LogP contribution in [0, 0.1) is 11.8 Å². The zero-order valence-corrected chi connectivity index (χ0v) is 18.5. The molecule has 2 amide bonds. The van der Waals surface area contributed by atoms with Gasteiger partial charge in [-0.1, -0.05) is 18.7 Å². The number of aliphatic hydroxyl groups excluding tert-OH is 1. The minimum Gasteiger partial charge on any atom is -0.543 e. The van der Waals surface area contributed by atoms with E-state index < -0.39 is 29.8 Å². The number of nitrogens with two attached hydrogens (primary N) is 1. The first-order chi connectivity index (χ1) is 12.2. The van der Waals surface area contributed by atoms with Crippen LogP contribution in [0.1, 0.15) is 29.3 Å². The van der Waals surface area contributed by atoms with Crippen LogP contribution in [0.3, 0.4) is 0 Å². The maximum atomic E-state index is 12.2. The third-order valence-electron chi connectivity index (χ3n) is 4.48. The van der Waals surface area contributed by atoms with Gasteiger partial charge in [0.25, 0.3) is 5.91 Å². The number of hydrogen-bond donors (Lipinski definition) is 2. The summed E-state index contributed by atoms with van der Waals surface area (Å²) in [5.41, 5.74) is 5.17. The van der Waals surface area contributed by atoms with Gasteiger partial charge in [0.15, 0.2) is 0 Å². The van der Waals surface area contributed by atoms with Crippen molar-refractivity contribution in [2.24, 2.45) is 17.6 Å². The molecule has 2 aliphatic heterocycles. The van der Waals surface area contributed by atoms with Gasteiger partial charge in [-0.15, -0.1) is 11.3 Å². The molecule has 2 aliphatic rings. The molecule has 138 valence electrons. The number of aliphatic hydroxyl groups is 1. The number of carboxylic acids is 1. The predicted octanol–water partition coefficient (Wildman–Crippen LogP) is -3.23. The maximum absolute atomic E-state index is 12.2. The maximum Gasteiger partial charge on any atom is 1.00 e. The van der Waals surface area contributed by atoms with Crippen molar-refractivity contribution in [1.29, 1.82) is 0 Å². The van der Waals surface area contributed by atoms with E-state index in [9.17, 15) is 24.6 Å². The number of carbonyl (C=O) groups excluding carboxylic acids is 3. The first-order valence-corrected chi connectivity index (χ1v) is 9.55. The van der Waals surface area contributed by atoms with E-state index >= 15 is 0 Å². The van der Waals surface area contributed by atoms with Gasteiger partial charge < -0.3 is 25.6 Å². The van der Waals surface area contributed by atoms with Gasteiger partial charge in [0.1, 0.15) is 10.7 Å². The summed E-state index contributed by atoms with van der Waals surface area (Å²) in [6.45, 7) is 3.34. The minimum absolute atomic E-state index is 0. The summed E-state index contributed by atoms with van der Waals surface area (Å²) in [4.78, 5) is 40.6. The minimum atomic E-state index is -1.42. The molecule has 0 radical (unpaired) electrons. The average molecular weight is 417 g/mol. The fraction of sp³-hybridized carbons (Fsp3) is 0.375. The standard InChI is InChI=1S/C16H17N3O5S2.Na/c1-6-11-10(7(2)20)15(22)19(11)12(16(23)24)13(6)25-4-3-9-18-8(5-26-9)14(17)21;/h3-7,10-11,20H,1-2H3,(H2,17,21)(H,23,24);/q;+1/p-1/b4-3-;/t6-,7-,10-,11-;/m1./s1. The zero-order chi connectivity index (χ0) is 19.2. The molecule has 0 unspecified atom stereocenters. The number of carbonyl (C=O) groups is 3. The molecular formula is C16H16N3NaO5S2. The van der Waals surface area contributed by atoms with Crippen molar-refractivity contribution in [2.75, 3.05) is 0 Å². The number of aromatic nitrogens is 1. The molecule has 3 N–H and O–H groups in total. The number of rotatable bonds is 6. The number of β-lactam (4-membered cyclic amide) rings is 1. The molecule has 0 aromatic carbocycles. The summed E-state index contributed by atoms with van der Waals surface area (Å²) >= 11 is 2.39. The monoisotopic (exact) mass is 417 g/mol. The Morgan fingerprint density at radius 2 is 2.19 bits per heavy atom. The molecular weight excluding hydrogens is 401 g/mol. The van der Waals surface area contributed by atoms with Crippen LogP contribution in [0.4, 0.5) is 0 Å². The van der Waals surface area contributed by atoms with E-state index in [4.69, 9.17) is 5.73 Å². The van der Waals surface area contributed by atoms with Crippen molar-refractivity contribution in [3.63, 3.8) is 0 Å². The Kier molecular flexibility index (Phi) is 6.93. The van der Waals surface area contributed by atoms with Crippen molar-refractivity contribution >= 4 is 47.0 Å². The zero-order valence-electron chi connectivity index (χ0n) is 14.9. The van der Waals surface area contributed by atoms with Crippen molar-refractivity contribution in [1.82, 2.24) is 9.88 Å². The van der Waals surface area contributed by atoms with Crippen molar-refractivity contribution < 1.29 is 54.2 Å². The van der Waals surface area contributed by atoms with Gasteiger partial charge in [0, 0.05) is 16.2 Å². The Bertz CT molecular complexity index is 851. The second-order valence-corrected chi connectivity index (χ2v) is 7.95. The number of nitrogens with zero attached hydrogens (tertiary/aromatic N) is 2. The topological polar surface area (TPSA) is 137 Å². The number of primary amides is 1. The van der Waals surface area contributed by atoms with E-state index in [-0.39, 0.29) is 52.9 Å². The number of thioether (sulfide) groups is 1. The van der Waals surface area contributed by atoms with Crippen LogP contribution >= 0.6 is 23.1 Å². The summed E-state index contributed by atoms with van der Waals surface area (Å²) < 4.78 is 0. The molecule has 0 aliphatic carbocycles.